The Morgan fingerprint density at radius 1 is 1.29 bits per heavy atom. The minimum absolute atomic E-state index is 0.579. The van der Waals surface area contributed by atoms with E-state index >= 15 is 0 Å². The lowest BCUT2D eigenvalue weighted by molar-refractivity contribution is 0.100. The molecule has 17 heavy (non-hydrogen) atoms. The normalized spacial score (nSPS) is 22.2. The molecule has 0 aromatic carbocycles. The van der Waals surface area contributed by atoms with Crippen LogP contribution >= 0.6 is 0 Å². The number of rotatable bonds is 9. The zero-order valence-electron chi connectivity index (χ0n) is 12.0. The van der Waals surface area contributed by atoms with Gasteiger partial charge in [0.05, 0.1) is 6.10 Å². The molecule has 0 aliphatic carbocycles. The van der Waals surface area contributed by atoms with E-state index in [0.717, 1.165) is 12.5 Å². The van der Waals surface area contributed by atoms with Gasteiger partial charge in [-0.15, -0.1) is 0 Å². The minimum atomic E-state index is 0.579. The summed E-state index contributed by atoms with van der Waals surface area (Å²) in [7, 11) is 0. The van der Waals surface area contributed by atoms with Gasteiger partial charge >= 0.3 is 0 Å². The van der Waals surface area contributed by atoms with Crippen LogP contribution in [-0.4, -0.2) is 25.3 Å². The Labute approximate surface area is 108 Å². The maximum Gasteiger partial charge on any atom is 0.0576 e. The van der Waals surface area contributed by atoms with Gasteiger partial charge in [0.25, 0.3) is 0 Å². The Kier molecular flexibility index (Phi) is 7.87. The van der Waals surface area contributed by atoms with Crippen molar-refractivity contribution < 1.29 is 4.74 Å². The molecule has 1 aliphatic rings. The van der Waals surface area contributed by atoms with Crippen LogP contribution in [0.15, 0.2) is 0 Å². The van der Waals surface area contributed by atoms with E-state index in [2.05, 4.69) is 26.1 Å². The molecule has 0 amide bonds. The average Bonchev–Trinajstić information content (AvgIpc) is 2.78. The van der Waals surface area contributed by atoms with Crippen molar-refractivity contribution in [1.29, 1.82) is 0 Å². The Morgan fingerprint density at radius 2 is 2.12 bits per heavy atom. The number of hydrogen-bond donors (Lipinski definition) is 1. The van der Waals surface area contributed by atoms with E-state index in [1.165, 1.54) is 51.5 Å². The predicted molar refractivity (Wildman–Crippen MR) is 74.4 cm³/mol. The van der Waals surface area contributed by atoms with Crippen LogP contribution in [0.1, 0.15) is 65.7 Å². The van der Waals surface area contributed by atoms with Crippen molar-refractivity contribution in [1.82, 2.24) is 5.32 Å². The first-order valence-electron chi connectivity index (χ1n) is 7.57. The standard InChI is InChI=1S/C15H31NO/c1-4-7-14(12-16-13(2)3)8-5-9-15-10-6-11-17-15/h13-16H,4-12H2,1-3H3. The van der Waals surface area contributed by atoms with Crippen molar-refractivity contribution in [2.45, 2.75) is 77.9 Å². The summed E-state index contributed by atoms with van der Waals surface area (Å²) in [5.41, 5.74) is 0. The molecule has 1 aliphatic heterocycles. The van der Waals surface area contributed by atoms with E-state index < -0.39 is 0 Å². The summed E-state index contributed by atoms with van der Waals surface area (Å²) in [4.78, 5) is 0. The molecule has 0 spiro atoms. The molecule has 1 rings (SSSR count). The van der Waals surface area contributed by atoms with E-state index in [4.69, 9.17) is 4.74 Å². The Hall–Kier alpha value is -0.0800. The second-order valence-corrected chi connectivity index (χ2v) is 5.78. The molecule has 0 bridgehead atoms. The highest BCUT2D eigenvalue weighted by Gasteiger charge is 2.16. The summed E-state index contributed by atoms with van der Waals surface area (Å²) < 4.78 is 5.68. The first-order valence-corrected chi connectivity index (χ1v) is 7.57. The molecule has 1 N–H and O–H groups in total. The lowest BCUT2D eigenvalue weighted by Gasteiger charge is -2.19. The second kappa shape index (κ2) is 8.93. The zero-order chi connectivity index (χ0) is 12.5. The van der Waals surface area contributed by atoms with Gasteiger partial charge < -0.3 is 10.1 Å². The quantitative estimate of drug-likeness (QED) is 0.664. The summed E-state index contributed by atoms with van der Waals surface area (Å²) in [6, 6.07) is 0.618. The molecule has 102 valence electrons. The van der Waals surface area contributed by atoms with Crippen LogP contribution in [0.25, 0.3) is 0 Å². The lowest BCUT2D eigenvalue weighted by Crippen LogP contribution is -2.29. The average molecular weight is 241 g/mol. The fourth-order valence-electron chi connectivity index (χ4n) is 2.67. The van der Waals surface area contributed by atoms with Gasteiger partial charge in [-0.05, 0) is 44.6 Å². The van der Waals surface area contributed by atoms with Gasteiger partial charge in [-0.2, -0.15) is 0 Å². The molecule has 2 heteroatoms. The first-order chi connectivity index (χ1) is 8.22. The highest BCUT2D eigenvalue weighted by Crippen LogP contribution is 2.21. The van der Waals surface area contributed by atoms with Crippen molar-refractivity contribution >= 4 is 0 Å². The fourth-order valence-corrected chi connectivity index (χ4v) is 2.67. The van der Waals surface area contributed by atoms with Crippen LogP contribution < -0.4 is 5.32 Å². The third-order valence-electron chi connectivity index (χ3n) is 3.67. The molecule has 0 aromatic rings. The van der Waals surface area contributed by atoms with Gasteiger partial charge in [-0.1, -0.05) is 33.6 Å². The van der Waals surface area contributed by atoms with Crippen molar-refractivity contribution in [2.24, 2.45) is 5.92 Å². The molecular weight excluding hydrogens is 210 g/mol. The topological polar surface area (TPSA) is 21.3 Å². The van der Waals surface area contributed by atoms with Crippen molar-refractivity contribution in [3.63, 3.8) is 0 Å². The molecule has 2 nitrogen and oxygen atoms in total. The van der Waals surface area contributed by atoms with Crippen LogP contribution in [-0.2, 0) is 4.74 Å². The van der Waals surface area contributed by atoms with Crippen LogP contribution in [0, 0.1) is 5.92 Å². The molecule has 1 fully saturated rings. The molecule has 0 aromatic heterocycles. The summed E-state index contributed by atoms with van der Waals surface area (Å²) in [5, 5.41) is 3.58. The zero-order valence-corrected chi connectivity index (χ0v) is 12.0. The van der Waals surface area contributed by atoms with Gasteiger partial charge in [0.2, 0.25) is 0 Å². The summed E-state index contributed by atoms with van der Waals surface area (Å²) in [6.45, 7) is 8.95. The first kappa shape index (κ1) is 15.0. The van der Waals surface area contributed by atoms with Crippen molar-refractivity contribution in [2.75, 3.05) is 13.2 Å². The van der Waals surface area contributed by atoms with E-state index in [0.29, 0.717) is 12.1 Å². The molecular formula is C15H31NO. The van der Waals surface area contributed by atoms with Gasteiger partial charge in [0, 0.05) is 12.6 Å². The van der Waals surface area contributed by atoms with Crippen LogP contribution in [0.2, 0.25) is 0 Å². The second-order valence-electron chi connectivity index (χ2n) is 5.78. The maximum atomic E-state index is 5.68. The van der Waals surface area contributed by atoms with E-state index in [1.54, 1.807) is 0 Å². The lowest BCUT2D eigenvalue weighted by atomic mass is 9.95. The number of nitrogens with one attached hydrogen (secondary N) is 1. The smallest absolute Gasteiger partial charge is 0.0576 e. The van der Waals surface area contributed by atoms with Crippen molar-refractivity contribution in [3.05, 3.63) is 0 Å². The van der Waals surface area contributed by atoms with E-state index in [9.17, 15) is 0 Å². The summed E-state index contributed by atoms with van der Waals surface area (Å²) >= 11 is 0. The molecule has 2 unspecified atom stereocenters. The Balaban J connectivity index is 2.09. The summed E-state index contributed by atoms with van der Waals surface area (Å²) in [5.74, 6) is 0.865. The third-order valence-corrected chi connectivity index (χ3v) is 3.67. The molecule has 0 radical (unpaired) electrons. The molecule has 2 atom stereocenters. The van der Waals surface area contributed by atoms with Crippen LogP contribution in [0.5, 0.6) is 0 Å². The maximum absolute atomic E-state index is 5.68. The van der Waals surface area contributed by atoms with Gasteiger partial charge in [-0.3, -0.25) is 0 Å². The Morgan fingerprint density at radius 3 is 2.71 bits per heavy atom. The van der Waals surface area contributed by atoms with Gasteiger partial charge in [0.15, 0.2) is 0 Å². The fraction of sp³-hybridized carbons (Fsp3) is 1.00. The van der Waals surface area contributed by atoms with E-state index in [-0.39, 0.29) is 0 Å². The highest BCUT2D eigenvalue weighted by molar-refractivity contribution is 4.68. The van der Waals surface area contributed by atoms with Crippen LogP contribution in [0.4, 0.5) is 0 Å². The molecule has 0 saturated carbocycles. The number of hydrogen-bond acceptors (Lipinski definition) is 2. The van der Waals surface area contributed by atoms with Crippen molar-refractivity contribution in [3.8, 4) is 0 Å². The van der Waals surface area contributed by atoms with Gasteiger partial charge in [0.1, 0.15) is 0 Å². The monoisotopic (exact) mass is 241 g/mol. The predicted octanol–water partition coefficient (Wildman–Crippen LogP) is 3.75. The Bertz CT molecular complexity index is 176. The highest BCUT2D eigenvalue weighted by atomic mass is 16.5. The third kappa shape index (κ3) is 7.05. The molecule has 1 saturated heterocycles. The largest absolute Gasteiger partial charge is 0.378 e. The van der Waals surface area contributed by atoms with E-state index in [1.807, 2.05) is 0 Å². The SMILES string of the molecule is CCCC(CCCC1CCCO1)CNC(C)C. The number of ether oxygens (including phenoxy) is 1. The van der Waals surface area contributed by atoms with Crippen LogP contribution in [0.3, 0.4) is 0 Å². The molecule has 1 heterocycles. The summed E-state index contributed by atoms with van der Waals surface area (Å²) in [6.07, 6.45) is 9.82. The minimum Gasteiger partial charge on any atom is -0.378 e. The van der Waals surface area contributed by atoms with Gasteiger partial charge in [-0.25, -0.2) is 0 Å².